The first kappa shape index (κ1) is 25.3. The minimum Gasteiger partial charge on any atom is -0.480 e. The minimum atomic E-state index is -1.12. The van der Waals surface area contributed by atoms with Crippen molar-refractivity contribution >= 4 is 18.0 Å². The number of carboxylic acid groups (broad SMARTS) is 1. The zero-order chi connectivity index (χ0) is 25.0. The highest BCUT2D eigenvalue weighted by atomic mass is 16.5. The minimum absolute atomic E-state index is 0.0914. The first-order valence-corrected chi connectivity index (χ1v) is 11.7. The molecule has 7 heteroatoms. The number of amides is 2. The second kappa shape index (κ2) is 10.3. The number of benzene rings is 2. The second-order valence-corrected chi connectivity index (χ2v) is 9.98. The number of aliphatic carboxylic acids is 1. The molecule has 1 aliphatic carbocycles. The highest BCUT2D eigenvalue weighted by Crippen LogP contribution is 2.44. The zero-order valence-electron chi connectivity index (χ0n) is 20.4. The fraction of sp³-hybridized carbons (Fsp3) is 0.444. The molecule has 182 valence electrons. The summed E-state index contributed by atoms with van der Waals surface area (Å²) < 4.78 is 5.59. The van der Waals surface area contributed by atoms with Crippen LogP contribution in [0.3, 0.4) is 0 Å². The van der Waals surface area contributed by atoms with Crippen molar-refractivity contribution in [3.05, 3.63) is 59.7 Å². The van der Waals surface area contributed by atoms with Gasteiger partial charge in [-0.1, -0.05) is 89.6 Å². The van der Waals surface area contributed by atoms with Gasteiger partial charge in [0.05, 0.1) is 0 Å². The molecule has 0 aliphatic heterocycles. The molecule has 2 aromatic carbocycles. The van der Waals surface area contributed by atoms with E-state index in [9.17, 15) is 19.5 Å². The number of carboxylic acids is 1. The van der Waals surface area contributed by atoms with Crippen molar-refractivity contribution in [2.45, 2.75) is 59.0 Å². The topological polar surface area (TPSA) is 105 Å². The number of ether oxygens (including phenoxy) is 1. The molecule has 0 bridgehead atoms. The van der Waals surface area contributed by atoms with Crippen molar-refractivity contribution in [1.82, 2.24) is 10.6 Å². The normalized spacial score (nSPS) is 15.4. The number of fused-ring (bicyclic) bond motifs is 3. The Morgan fingerprint density at radius 3 is 1.97 bits per heavy atom. The lowest BCUT2D eigenvalue weighted by atomic mass is 9.86. The van der Waals surface area contributed by atoms with Gasteiger partial charge in [0.1, 0.15) is 18.7 Å². The summed E-state index contributed by atoms with van der Waals surface area (Å²) in [7, 11) is 0. The summed E-state index contributed by atoms with van der Waals surface area (Å²) in [6.07, 6.45) is -0.0837. The lowest BCUT2D eigenvalue weighted by Gasteiger charge is -2.31. The summed E-state index contributed by atoms with van der Waals surface area (Å²) in [5.41, 5.74) is 3.77. The third kappa shape index (κ3) is 5.41. The van der Waals surface area contributed by atoms with Crippen LogP contribution in [0.5, 0.6) is 0 Å². The maximum absolute atomic E-state index is 13.0. The summed E-state index contributed by atoms with van der Waals surface area (Å²) in [4.78, 5) is 37.4. The standard InChI is InChI=1S/C27H34N2O5/c1-6-16(2)22(24(30)29-23(25(31)32)27(3,4)5)28-26(33)34-15-21-19-13-9-7-11-17(19)18-12-8-10-14-20(18)21/h7-14,16,21-23H,6,15H2,1-5H3,(H,28,33)(H,29,30)(H,31,32). The number of nitrogens with one attached hydrogen (secondary N) is 2. The van der Waals surface area contributed by atoms with Crippen molar-refractivity contribution in [2.75, 3.05) is 6.61 Å². The van der Waals surface area contributed by atoms with Crippen LogP contribution in [-0.4, -0.2) is 41.8 Å². The lowest BCUT2D eigenvalue weighted by Crippen LogP contribution is -2.57. The highest BCUT2D eigenvalue weighted by Gasteiger charge is 2.36. The van der Waals surface area contributed by atoms with E-state index in [1.54, 1.807) is 20.8 Å². The summed E-state index contributed by atoms with van der Waals surface area (Å²) in [6, 6.07) is 14.1. The van der Waals surface area contributed by atoms with Crippen LogP contribution in [0.2, 0.25) is 0 Å². The number of hydrogen-bond donors (Lipinski definition) is 3. The Balaban J connectivity index is 1.70. The van der Waals surface area contributed by atoms with Gasteiger partial charge in [-0.25, -0.2) is 9.59 Å². The van der Waals surface area contributed by atoms with Gasteiger partial charge in [0.2, 0.25) is 5.91 Å². The SMILES string of the molecule is CCC(C)C(NC(=O)OCC1c2ccccc2-c2ccccc21)C(=O)NC(C(=O)O)C(C)(C)C. The molecule has 2 aromatic rings. The molecule has 0 aromatic heterocycles. The molecule has 0 fully saturated rings. The molecule has 0 heterocycles. The first-order chi connectivity index (χ1) is 16.0. The van der Waals surface area contributed by atoms with Gasteiger partial charge in [-0.05, 0) is 33.6 Å². The number of carbonyl (C=O) groups is 3. The van der Waals surface area contributed by atoms with Crippen molar-refractivity contribution in [3.8, 4) is 11.1 Å². The fourth-order valence-electron chi connectivity index (χ4n) is 4.35. The molecule has 1 aliphatic rings. The average Bonchev–Trinajstić information content (AvgIpc) is 3.11. The molecule has 2 amide bonds. The maximum atomic E-state index is 13.0. The molecular formula is C27H34N2O5. The number of carbonyl (C=O) groups excluding carboxylic acids is 2. The van der Waals surface area contributed by atoms with Crippen LogP contribution < -0.4 is 10.6 Å². The van der Waals surface area contributed by atoms with Gasteiger partial charge in [0, 0.05) is 5.92 Å². The van der Waals surface area contributed by atoms with Crippen LogP contribution >= 0.6 is 0 Å². The van der Waals surface area contributed by atoms with Gasteiger partial charge in [0.15, 0.2) is 0 Å². The summed E-state index contributed by atoms with van der Waals surface area (Å²) in [5, 5.41) is 14.8. The Morgan fingerprint density at radius 2 is 1.50 bits per heavy atom. The maximum Gasteiger partial charge on any atom is 0.407 e. The molecule has 7 nitrogen and oxygen atoms in total. The van der Waals surface area contributed by atoms with Crippen molar-refractivity contribution in [2.24, 2.45) is 11.3 Å². The van der Waals surface area contributed by atoms with Crippen LogP contribution in [0.4, 0.5) is 4.79 Å². The van der Waals surface area contributed by atoms with E-state index < -0.39 is 35.5 Å². The Labute approximate surface area is 200 Å². The number of alkyl carbamates (subject to hydrolysis) is 1. The molecule has 0 saturated heterocycles. The van der Waals surface area contributed by atoms with E-state index in [0.717, 1.165) is 22.3 Å². The Kier molecular flexibility index (Phi) is 7.64. The molecule has 3 N–H and O–H groups in total. The van der Waals surface area contributed by atoms with E-state index in [1.807, 2.05) is 50.2 Å². The molecule has 34 heavy (non-hydrogen) atoms. The third-order valence-corrected chi connectivity index (χ3v) is 6.51. The first-order valence-electron chi connectivity index (χ1n) is 11.7. The molecule has 3 unspecified atom stereocenters. The van der Waals surface area contributed by atoms with Crippen molar-refractivity contribution in [1.29, 1.82) is 0 Å². The second-order valence-electron chi connectivity index (χ2n) is 9.98. The van der Waals surface area contributed by atoms with Gasteiger partial charge < -0.3 is 20.5 Å². The number of hydrogen-bond acceptors (Lipinski definition) is 4. The van der Waals surface area contributed by atoms with E-state index in [-0.39, 0.29) is 18.4 Å². The van der Waals surface area contributed by atoms with E-state index in [2.05, 4.69) is 22.8 Å². The van der Waals surface area contributed by atoms with Crippen molar-refractivity contribution in [3.63, 3.8) is 0 Å². The lowest BCUT2D eigenvalue weighted by molar-refractivity contribution is -0.145. The van der Waals surface area contributed by atoms with Gasteiger partial charge in [-0.3, -0.25) is 4.79 Å². The van der Waals surface area contributed by atoms with Crippen LogP contribution in [0.25, 0.3) is 11.1 Å². The van der Waals surface area contributed by atoms with Gasteiger partial charge in [-0.2, -0.15) is 0 Å². The predicted octanol–water partition coefficient (Wildman–Crippen LogP) is 4.56. The molecule has 0 saturated carbocycles. The van der Waals surface area contributed by atoms with Crippen LogP contribution in [0.15, 0.2) is 48.5 Å². The monoisotopic (exact) mass is 466 g/mol. The molecular weight excluding hydrogens is 432 g/mol. The Hall–Kier alpha value is -3.35. The van der Waals surface area contributed by atoms with E-state index in [0.29, 0.717) is 6.42 Å². The van der Waals surface area contributed by atoms with E-state index >= 15 is 0 Å². The van der Waals surface area contributed by atoms with Gasteiger partial charge in [-0.15, -0.1) is 0 Å². The molecule has 3 rings (SSSR count). The molecule has 0 radical (unpaired) electrons. The Morgan fingerprint density at radius 1 is 0.971 bits per heavy atom. The number of rotatable bonds is 8. The fourth-order valence-corrected chi connectivity index (χ4v) is 4.35. The van der Waals surface area contributed by atoms with E-state index in [4.69, 9.17) is 4.74 Å². The van der Waals surface area contributed by atoms with Crippen LogP contribution in [0, 0.1) is 11.3 Å². The molecule has 3 atom stereocenters. The summed E-state index contributed by atoms with van der Waals surface area (Å²) in [6.45, 7) is 9.09. The van der Waals surface area contributed by atoms with Gasteiger partial charge >= 0.3 is 12.1 Å². The van der Waals surface area contributed by atoms with Gasteiger partial charge in [0.25, 0.3) is 0 Å². The zero-order valence-corrected chi connectivity index (χ0v) is 20.4. The van der Waals surface area contributed by atoms with Crippen LogP contribution in [0.1, 0.15) is 58.1 Å². The quantitative estimate of drug-likeness (QED) is 0.529. The predicted molar refractivity (Wildman–Crippen MR) is 130 cm³/mol. The van der Waals surface area contributed by atoms with Crippen LogP contribution in [-0.2, 0) is 14.3 Å². The highest BCUT2D eigenvalue weighted by molar-refractivity contribution is 5.89. The average molecular weight is 467 g/mol. The summed E-state index contributed by atoms with van der Waals surface area (Å²) >= 11 is 0. The largest absolute Gasteiger partial charge is 0.480 e. The third-order valence-electron chi connectivity index (χ3n) is 6.51. The summed E-state index contributed by atoms with van der Waals surface area (Å²) in [5.74, 6) is -1.96. The van der Waals surface area contributed by atoms with E-state index in [1.165, 1.54) is 0 Å². The van der Waals surface area contributed by atoms with Crippen molar-refractivity contribution < 1.29 is 24.2 Å². The molecule has 0 spiro atoms. The Bertz CT molecular complexity index is 1010. The smallest absolute Gasteiger partial charge is 0.407 e.